The smallest absolute Gasteiger partial charge is 0.214 e. The van der Waals surface area contributed by atoms with Crippen molar-refractivity contribution in [2.45, 2.75) is 25.7 Å². The van der Waals surface area contributed by atoms with Gasteiger partial charge in [0, 0.05) is 31.9 Å². The van der Waals surface area contributed by atoms with Crippen molar-refractivity contribution in [3.63, 3.8) is 0 Å². The van der Waals surface area contributed by atoms with Crippen LogP contribution >= 0.6 is 24.0 Å². The third kappa shape index (κ3) is 5.82. The molecule has 0 spiro atoms. The van der Waals surface area contributed by atoms with E-state index < -0.39 is 10.0 Å². The number of hydrogen-bond donors (Lipinski definition) is 1. The van der Waals surface area contributed by atoms with Crippen LogP contribution in [0.1, 0.15) is 25.7 Å². The number of likely N-dealkylation sites (tertiary alicyclic amines) is 1. The molecule has 2 aliphatic rings. The van der Waals surface area contributed by atoms with Gasteiger partial charge in [-0.1, -0.05) is 18.2 Å². The first-order chi connectivity index (χ1) is 11.6. The zero-order valence-electron chi connectivity index (χ0n) is 14.4. The Kier molecular flexibility index (Phi) is 7.95. The van der Waals surface area contributed by atoms with Crippen LogP contribution in [-0.4, -0.2) is 62.1 Å². The van der Waals surface area contributed by atoms with Gasteiger partial charge in [0.25, 0.3) is 0 Å². The van der Waals surface area contributed by atoms with Crippen LogP contribution in [0.25, 0.3) is 0 Å². The van der Waals surface area contributed by atoms with E-state index in [9.17, 15) is 8.42 Å². The van der Waals surface area contributed by atoms with Crippen molar-refractivity contribution in [1.29, 1.82) is 0 Å². The number of sulfonamides is 1. The van der Waals surface area contributed by atoms with E-state index in [2.05, 4.69) is 10.2 Å². The predicted molar refractivity (Wildman–Crippen MR) is 113 cm³/mol. The molecule has 2 saturated heterocycles. The van der Waals surface area contributed by atoms with Gasteiger partial charge in [-0.25, -0.2) is 12.7 Å². The summed E-state index contributed by atoms with van der Waals surface area (Å²) in [4.78, 5) is 6.97. The third-order valence-corrected chi connectivity index (χ3v) is 6.46. The van der Waals surface area contributed by atoms with Crippen LogP contribution in [0.4, 0.5) is 5.69 Å². The number of para-hydroxylation sites is 1. The standard InChI is InChI=1S/C17H26N4O2S.HI/c22-24(23)15-7-13-21(24)14-10-18-17(20-11-5-2-6-12-20)19-16-8-3-1-4-9-16;/h1,3-4,8-9H,2,5-7,10-15H2,(H,18,19);1H. The van der Waals surface area contributed by atoms with Crippen molar-refractivity contribution in [2.75, 3.05) is 43.8 Å². The number of guanidine groups is 1. The van der Waals surface area contributed by atoms with Crippen molar-refractivity contribution in [3.05, 3.63) is 30.3 Å². The first kappa shape index (κ1) is 20.4. The molecule has 0 aromatic heterocycles. The molecule has 140 valence electrons. The van der Waals surface area contributed by atoms with Crippen molar-refractivity contribution in [1.82, 2.24) is 9.21 Å². The highest BCUT2D eigenvalue weighted by Gasteiger charge is 2.27. The second-order valence-electron chi connectivity index (χ2n) is 6.31. The highest BCUT2D eigenvalue weighted by molar-refractivity contribution is 14.0. The van der Waals surface area contributed by atoms with Gasteiger partial charge in [-0.15, -0.1) is 24.0 Å². The fourth-order valence-electron chi connectivity index (χ4n) is 3.18. The number of halogens is 1. The Hall–Kier alpha value is -0.870. The lowest BCUT2D eigenvalue weighted by Crippen LogP contribution is -2.40. The molecule has 1 aromatic carbocycles. The SMILES string of the molecule is I.O=S1(=O)CCCN1CCN=C(Nc1ccccc1)N1CCCCC1. The van der Waals surface area contributed by atoms with Crippen LogP contribution in [0, 0.1) is 0 Å². The maximum Gasteiger partial charge on any atom is 0.214 e. The molecule has 0 radical (unpaired) electrons. The zero-order chi connectivity index (χ0) is 16.8. The molecule has 6 nitrogen and oxygen atoms in total. The Morgan fingerprint density at radius 3 is 2.40 bits per heavy atom. The highest BCUT2D eigenvalue weighted by Crippen LogP contribution is 2.14. The first-order valence-electron chi connectivity index (χ1n) is 8.74. The van der Waals surface area contributed by atoms with Crippen LogP contribution in [0.3, 0.4) is 0 Å². The third-order valence-electron chi connectivity index (χ3n) is 4.50. The second kappa shape index (κ2) is 9.72. The van der Waals surface area contributed by atoms with Gasteiger partial charge < -0.3 is 10.2 Å². The van der Waals surface area contributed by atoms with Gasteiger partial charge in [-0.05, 0) is 37.8 Å². The van der Waals surface area contributed by atoms with Crippen molar-refractivity contribution in [3.8, 4) is 0 Å². The molecular weight excluding hydrogens is 451 g/mol. The normalized spacial score (nSPS) is 21.0. The van der Waals surface area contributed by atoms with Crippen molar-refractivity contribution >= 4 is 45.6 Å². The maximum atomic E-state index is 11.9. The lowest BCUT2D eigenvalue weighted by Gasteiger charge is -2.30. The molecule has 2 aliphatic heterocycles. The molecule has 1 N–H and O–H groups in total. The molecule has 2 fully saturated rings. The lowest BCUT2D eigenvalue weighted by molar-refractivity contribution is 0.340. The van der Waals surface area contributed by atoms with Crippen LogP contribution in [0.2, 0.25) is 0 Å². The summed E-state index contributed by atoms with van der Waals surface area (Å²) < 4.78 is 25.3. The van der Waals surface area contributed by atoms with Crippen molar-refractivity contribution in [2.24, 2.45) is 4.99 Å². The number of nitrogens with zero attached hydrogens (tertiary/aromatic N) is 3. The molecule has 8 heteroatoms. The van der Waals surface area contributed by atoms with Gasteiger partial charge in [0.1, 0.15) is 0 Å². The summed E-state index contributed by atoms with van der Waals surface area (Å²) in [5.41, 5.74) is 1.01. The van der Waals surface area contributed by atoms with Crippen LogP contribution < -0.4 is 5.32 Å². The molecule has 0 bridgehead atoms. The number of rotatable bonds is 4. The lowest BCUT2D eigenvalue weighted by atomic mass is 10.1. The number of anilines is 1. The van der Waals surface area contributed by atoms with Crippen LogP contribution in [-0.2, 0) is 10.0 Å². The molecule has 3 rings (SSSR count). The number of hydrogen-bond acceptors (Lipinski definition) is 3. The van der Waals surface area contributed by atoms with Gasteiger partial charge in [-0.3, -0.25) is 4.99 Å². The van der Waals surface area contributed by atoms with E-state index in [0.29, 0.717) is 19.6 Å². The number of benzene rings is 1. The van der Waals surface area contributed by atoms with E-state index in [4.69, 9.17) is 4.99 Å². The molecule has 0 amide bonds. The van der Waals surface area contributed by atoms with Gasteiger partial charge in [0.05, 0.1) is 12.3 Å². The zero-order valence-corrected chi connectivity index (χ0v) is 17.6. The molecule has 0 unspecified atom stereocenters. The quantitative estimate of drug-likeness (QED) is 0.411. The summed E-state index contributed by atoms with van der Waals surface area (Å²) >= 11 is 0. The fraction of sp³-hybridized carbons (Fsp3) is 0.588. The van der Waals surface area contributed by atoms with Gasteiger partial charge >= 0.3 is 0 Å². The van der Waals surface area contributed by atoms with Crippen molar-refractivity contribution < 1.29 is 8.42 Å². The molecule has 25 heavy (non-hydrogen) atoms. The molecule has 0 aliphatic carbocycles. The number of piperidine rings is 1. The summed E-state index contributed by atoms with van der Waals surface area (Å²) in [6.07, 6.45) is 4.35. The Balaban J connectivity index is 0.00000225. The highest BCUT2D eigenvalue weighted by atomic mass is 127. The fourth-order valence-corrected chi connectivity index (χ4v) is 4.70. The summed E-state index contributed by atoms with van der Waals surface area (Å²) in [7, 11) is -3.04. The van der Waals surface area contributed by atoms with Crippen LogP contribution in [0.15, 0.2) is 35.3 Å². The monoisotopic (exact) mass is 478 g/mol. The van der Waals surface area contributed by atoms with Gasteiger partial charge in [-0.2, -0.15) is 0 Å². The Labute approximate surface area is 167 Å². The van der Waals surface area contributed by atoms with Gasteiger partial charge in [0.2, 0.25) is 10.0 Å². The number of aliphatic imine (C=N–C) groups is 1. The minimum Gasteiger partial charge on any atom is -0.343 e. The average Bonchev–Trinajstić information content (AvgIpc) is 2.94. The molecule has 2 heterocycles. The Bertz CT molecular complexity index is 660. The van der Waals surface area contributed by atoms with E-state index in [0.717, 1.165) is 31.2 Å². The summed E-state index contributed by atoms with van der Waals surface area (Å²) in [5, 5.41) is 3.40. The predicted octanol–water partition coefficient (Wildman–Crippen LogP) is 2.59. The molecular formula is C17H27IN4O2S. The summed E-state index contributed by atoms with van der Waals surface area (Å²) in [6, 6.07) is 10.0. The van der Waals surface area contributed by atoms with Crippen LogP contribution in [0.5, 0.6) is 0 Å². The minimum atomic E-state index is -3.04. The summed E-state index contributed by atoms with van der Waals surface area (Å²) in [5.74, 6) is 1.13. The molecule has 1 aromatic rings. The maximum absolute atomic E-state index is 11.9. The van der Waals surface area contributed by atoms with Gasteiger partial charge in [0.15, 0.2) is 5.96 Å². The van der Waals surface area contributed by atoms with E-state index >= 15 is 0 Å². The molecule has 0 atom stereocenters. The minimum absolute atomic E-state index is 0. The Morgan fingerprint density at radius 1 is 1.04 bits per heavy atom. The largest absolute Gasteiger partial charge is 0.343 e. The Morgan fingerprint density at radius 2 is 1.76 bits per heavy atom. The average molecular weight is 478 g/mol. The van der Waals surface area contributed by atoms with E-state index in [-0.39, 0.29) is 29.7 Å². The number of nitrogens with one attached hydrogen (secondary N) is 1. The van der Waals surface area contributed by atoms with E-state index in [1.54, 1.807) is 4.31 Å². The first-order valence-corrected chi connectivity index (χ1v) is 10.4. The summed E-state index contributed by atoms with van der Waals surface area (Å²) in [6.45, 7) is 3.59. The molecule has 0 saturated carbocycles. The van der Waals surface area contributed by atoms with E-state index in [1.165, 1.54) is 19.3 Å². The van der Waals surface area contributed by atoms with E-state index in [1.807, 2.05) is 30.3 Å². The topological polar surface area (TPSA) is 65.0 Å². The second-order valence-corrected chi connectivity index (χ2v) is 8.40.